The molecule has 112 valence electrons. The summed E-state index contributed by atoms with van der Waals surface area (Å²) in [7, 11) is 0. The second kappa shape index (κ2) is 7.60. The highest BCUT2D eigenvalue weighted by Crippen LogP contribution is 2.18. The van der Waals surface area contributed by atoms with Gasteiger partial charge in [0.05, 0.1) is 17.5 Å². The third kappa shape index (κ3) is 4.18. The monoisotopic (exact) mass is 277 g/mol. The Morgan fingerprint density at radius 1 is 1.40 bits per heavy atom. The highest BCUT2D eigenvalue weighted by atomic mass is 16.3. The number of hydrogen-bond donors (Lipinski definition) is 1. The van der Waals surface area contributed by atoms with E-state index in [4.69, 9.17) is 0 Å². The number of hydrogen-bond acceptors (Lipinski definition) is 3. The van der Waals surface area contributed by atoms with Crippen LogP contribution >= 0.6 is 0 Å². The fourth-order valence-corrected chi connectivity index (χ4v) is 2.66. The Bertz CT molecular complexity index is 437. The topological polar surface area (TPSA) is 41.3 Å². The molecule has 0 spiro atoms. The molecule has 1 atom stereocenters. The molecule has 1 aromatic rings. The maximum atomic E-state index is 9.64. The quantitative estimate of drug-likeness (QED) is 0.642. The van der Waals surface area contributed by atoms with Crippen LogP contribution in [0.2, 0.25) is 0 Å². The second-order valence-corrected chi connectivity index (χ2v) is 5.61. The minimum absolute atomic E-state index is 0.470. The Labute approximate surface area is 122 Å². The molecule has 0 fully saturated rings. The number of unbranched alkanes of at least 4 members (excludes halogenated alkanes) is 1. The first-order valence-corrected chi connectivity index (χ1v) is 7.82. The normalized spacial score (nSPS) is 18.1. The number of aliphatic hydroxyl groups is 1. The van der Waals surface area contributed by atoms with Gasteiger partial charge in [0.25, 0.3) is 0 Å². The first-order chi connectivity index (χ1) is 9.70. The van der Waals surface area contributed by atoms with E-state index < -0.39 is 6.10 Å². The third-order valence-electron chi connectivity index (χ3n) is 3.79. The van der Waals surface area contributed by atoms with Gasteiger partial charge in [-0.15, -0.1) is 0 Å². The molecule has 1 N–H and O–H groups in total. The summed E-state index contributed by atoms with van der Waals surface area (Å²) >= 11 is 0. The highest BCUT2D eigenvalue weighted by molar-refractivity contribution is 5.13. The average Bonchev–Trinajstić information content (AvgIpc) is 2.72. The van der Waals surface area contributed by atoms with Crippen LogP contribution in [0.25, 0.3) is 0 Å². The summed E-state index contributed by atoms with van der Waals surface area (Å²) < 4.78 is 2.07. The molecule has 0 saturated carbocycles. The van der Waals surface area contributed by atoms with Crippen molar-refractivity contribution < 1.29 is 5.11 Å². The van der Waals surface area contributed by atoms with E-state index >= 15 is 0 Å². The van der Waals surface area contributed by atoms with E-state index in [0.29, 0.717) is 0 Å². The summed E-state index contributed by atoms with van der Waals surface area (Å²) in [6.07, 6.45) is 8.71. The maximum absolute atomic E-state index is 9.64. The van der Waals surface area contributed by atoms with Crippen LogP contribution < -0.4 is 0 Å². The van der Waals surface area contributed by atoms with E-state index in [9.17, 15) is 5.11 Å². The predicted octanol–water partition coefficient (Wildman–Crippen LogP) is 2.89. The molecule has 1 aliphatic heterocycles. The van der Waals surface area contributed by atoms with E-state index in [2.05, 4.69) is 39.8 Å². The van der Waals surface area contributed by atoms with E-state index in [1.807, 2.05) is 0 Å². The van der Waals surface area contributed by atoms with Gasteiger partial charge in [0.2, 0.25) is 0 Å². The Morgan fingerprint density at radius 2 is 2.25 bits per heavy atom. The molecule has 0 aliphatic carbocycles. The van der Waals surface area contributed by atoms with E-state index in [0.717, 1.165) is 44.7 Å². The molecule has 1 aromatic heterocycles. The zero-order valence-corrected chi connectivity index (χ0v) is 12.8. The van der Waals surface area contributed by atoms with E-state index in [-0.39, 0.29) is 0 Å². The zero-order valence-electron chi connectivity index (χ0n) is 12.8. The molecule has 2 rings (SSSR count). The van der Waals surface area contributed by atoms with Crippen LogP contribution in [0.1, 0.15) is 57.0 Å². The standard InChI is InChI=1S/C16H27N3O/c1-3-4-5-6-7-9-18-10-8-11-19-15(13-18)12-16(17-19)14(2)20/h4-5,12,14,20H,3,6-11,13H2,1-2H3/b5-4-/t14-/m1/s1. The number of nitrogens with zero attached hydrogens (tertiary/aromatic N) is 3. The summed E-state index contributed by atoms with van der Waals surface area (Å²) in [6.45, 7) is 8.16. The molecule has 4 nitrogen and oxygen atoms in total. The zero-order chi connectivity index (χ0) is 14.4. The van der Waals surface area contributed by atoms with Crippen molar-refractivity contribution in [2.45, 2.75) is 58.7 Å². The highest BCUT2D eigenvalue weighted by Gasteiger charge is 2.17. The predicted molar refractivity (Wildman–Crippen MR) is 81.4 cm³/mol. The molecule has 2 heterocycles. The van der Waals surface area contributed by atoms with Crippen molar-refractivity contribution in [2.24, 2.45) is 0 Å². The van der Waals surface area contributed by atoms with Crippen LogP contribution in [-0.4, -0.2) is 32.9 Å². The van der Waals surface area contributed by atoms with Gasteiger partial charge < -0.3 is 5.11 Å². The fourth-order valence-electron chi connectivity index (χ4n) is 2.66. The first-order valence-electron chi connectivity index (χ1n) is 7.82. The van der Waals surface area contributed by atoms with Crippen molar-refractivity contribution in [3.05, 3.63) is 29.6 Å². The lowest BCUT2D eigenvalue weighted by atomic mass is 10.2. The lowest BCUT2D eigenvalue weighted by Gasteiger charge is -2.18. The number of aliphatic hydroxyl groups excluding tert-OH is 1. The molecular formula is C16H27N3O. The average molecular weight is 277 g/mol. The first kappa shape index (κ1) is 15.3. The van der Waals surface area contributed by atoms with Gasteiger partial charge in [0, 0.05) is 19.6 Å². The van der Waals surface area contributed by atoms with Crippen molar-refractivity contribution >= 4 is 0 Å². The van der Waals surface area contributed by atoms with Crippen molar-refractivity contribution in [2.75, 3.05) is 13.1 Å². The van der Waals surface area contributed by atoms with Crippen molar-refractivity contribution in [3.63, 3.8) is 0 Å². The van der Waals surface area contributed by atoms with Crippen molar-refractivity contribution in [1.29, 1.82) is 0 Å². The second-order valence-electron chi connectivity index (χ2n) is 5.61. The number of aromatic nitrogens is 2. The van der Waals surface area contributed by atoms with Gasteiger partial charge in [-0.25, -0.2) is 0 Å². The molecule has 0 radical (unpaired) electrons. The molecule has 0 saturated heterocycles. The van der Waals surface area contributed by atoms with E-state index in [1.165, 1.54) is 18.5 Å². The fraction of sp³-hybridized carbons (Fsp3) is 0.688. The van der Waals surface area contributed by atoms with Gasteiger partial charge in [-0.2, -0.15) is 5.10 Å². The Morgan fingerprint density at radius 3 is 3.00 bits per heavy atom. The van der Waals surface area contributed by atoms with Crippen molar-refractivity contribution in [1.82, 2.24) is 14.7 Å². The Balaban J connectivity index is 1.88. The molecule has 20 heavy (non-hydrogen) atoms. The van der Waals surface area contributed by atoms with Gasteiger partial charge in [0.1, 0.15) is 0 Å². The lowest BCUT2D eigenvalue weighted by Crippen LogP contribution is -2.24. The largest absolute Gasteiger partial charge is 0.387 e. The number of fused-ring (bicyclic) bond motifs is 1. The molecular weight excluding hydrogens is 250 g/mol. The molecule has 0 amide bonds. The third-order valence-corrected chi connectivity index (χ3v) is 3.79. The van der Waals surface area contributed by atoms with E-state index in [1.54, 1.807) is 6.92 Å². The molecule has 4 heteroatoms. The number of rotatable bonds is 6. The van der Waals surface area contributed by atoms with Gasteiger partial charge in [0.15, 0.2) is 0 Å². The number of allylic oxidation sites excluding steroid dienone is 2. The van der Waals surface area contributed by atoms with Gasteiger partial charge in [-0.3, -0.25) is 9.58 Å². The Hall–Kier alpha value is -1.13. The minimum Gasteiger partial charge on any atom is -0.387 e. The van der Waals surface area contributed by atoms with Crippen LogP contribution in [0.3, 0.4) is 0 Å². The van der Waals surface area contributed by atoms with Crippen LogP contribution in [0.15, 0.2) is 18.2 Å². The van der Waals surface area contributed by atoms with Crippen molar-refractivity contribution in [3.8, 4) is 0 Å². The van der Waals surface area contributed by atoms with Crippen LogP contribution in [0.4, 0.5) is 0 Å². The summed E-state index contributed by atoms with van der Waals surface area (Å²) in [5.74, 6) is 0. The summed E-state index contributed by atoms with van der Waals surface area (Å²) in [5.41, 5.74) is 2.04. The number of aryl methyl sites for hydroxylation is 1. The summed E-state index contributed by atoms with van der Waals surface area (Å²) in [4.78, 5) is 2.51. The lowest BCUT2D eigenvalue weighted by molar-refractivity contribution is 0.193. The van der Waals surface area contributed by atoms with Gasteiger partial charge >= 0.3 is 0 Å². The summed E-state index contributed by atoms with van der Waals surface area (Å²) in [6, 6.07) is 2.06. The summed E-state index contributed by atoms with van der Waals surface area (Å²) in [5, 5.41) is 14.1. The molecule has 1 aliphatic rings. The smallest absolute Gasteiger partial charge is 0.0950 e. The minimum atomic E-state index is -0.470. The van der Waals surface area contributed by atoms with Crippen LogP contribution in [-0.2, 0) is 13.1 Å². The van der Waals surface area contributed by atoms with Crippen LogP contribution in [0.5, 0.6) is 0 Å². The van der Waals surface area contributed by atoms with Gasteiger partial charge in [-0.1, -0.05) is 19.1 Å². The SMILES string of the molecule is CC/C=C\CCCN1CCCn2nc([C@@H](C)O)cc2C1. The van der Waals surface area contributed by atoms with Crippen LogP contribution in [0, 0.1) is 0 Å². The molecule has 0 aromatic carbocycles. The van der Waals surface area contributed by atoms with Gasteiger partial charge in [-0.05, 0) is 45.2 Å². The molecule has 0 unspecified atom stereocenters. The molecule has 0 bridgehead atoms. The maximum Gasteiger partial charge on any atom is 0.0950 e. The Kier molecular flexibility index (Phi) is 5.80.